The highest BCUT2D eigenvalue weighted by molar-refractivity contribution is 5.91. The molecule has 21 heavy (non-hydrogen) atoms. The SMILES string of the molecule is Cc1ccc(C#CCCO)cc1NC(=O)CCC(F)(F)F. The highest BCUT2D eigenvalue weighted by Gasteiger charge is 2.27. The monoisotopic (exact) mass is 299 g/mol. The lowest BCUT2D eigenvalue weighted by molar-refractivity contribution is -0.142. The number of rotatable bonds is 4. The molecule has 0 unspecified atom stereocenters. The molecule has 0 radical (unpaired) electrons. The summed E-state index contributed by atoms with van der Waals surface area (Å²) in [7, 11) is 0. The molecule has 6 heteroatoms. The molecule has 0 saturated heterocycles. The van der Waals surface area contributed by atoms with Crippen LogP contribution in [-0.4, -0.2) is 23.8 Å². The highest BCUT2D eigenvalue weighted by Crippen LogP contribution is 2.22. The van der Waals surface area contributed by atoms with Gasteiger partial charge >= 0.3 is 6.18 Å². The molecule has 0 spiro atoms. The number of anilines is 1. The summed E-state index contributed by atoms with van der Waals surface area (Å²) in [6, 6.07) is 5.07. The number of hydrogen-bond acceptors (Lipinski definition) is 2. The zero-order valence-corrected chi connectivity index (χ0v) is 11.5. The van der Waals surface area contributed by atoms with E-state index in [1.54, 1.807) is 25.1 Å². The zero-order valence-electron chi connectivity index (χ0n) is 11.5. The van der Waals surface area contributed by atoms with Crippen LogP contribution in [0.4, 0.5) is 18.9 Å². The maximum atomic E-state index is 12.1. The van der Waals surface area contributed by atoms with Crippen LogP contribution in [0.2, 0.25) is 0 Å². The quantitative estimate of drug-likeness (QED) is 0.840. The van der Waals surface area contributed by atoms with Crippen molar-refractivity contribution in [1.82, 2.24) is 0 Å². The van der Waals surface area contributed by atoms with Gasteiger partial charge < -0.3 is 10.4 Å². The van der Waals surface area contributed by atoms with Crippen LogP contribution in [0.25, 0.3) is 0 Å². The smallest absolute Gasteiger partial charge is 0.389 e. The van der Waals surface area contributed by atoms with Gasteiger partial charge in [-0.1, -0.05) is 17.9 Å². The van der Waals surface area contributed by atoms with E-state index in [1.165, 1.54) is 0 Å². The summed E-state index contributed by atoms with van der Waals surface area (Å²) < 4.78 is 36.2. The molecule has 1 amide bonds. The second-order valence-electron chi connectivity index (χ2n) is 4.47. The van der Waals surface area contributed by atoms with Crippen molar-refractivity contribution in [2.45, 2.75) is 32.4 Å². The molecular formula is C15H16F3NO2. The molecular weight excluding hydrogens is 283 g/mol. The van der Waals surface area contributed by atoms with Crippen LogP contribution in [0.15, 0.2) is 18.2 Å². The number of amides is 1. The number of carbonyl (C=O) groups excluding carboxylic acids is 1. The fourth-order valence-corrected chi connectivity index (χ4v) is 1.52. The van der Waals surface area contributed by atoms with Crippen LogP contribution >= 0.6 is 0 Å². The summed E-state index contributed by atoms with van der Waals surface area (Å²) in [4.78, 5) is 11.5. The van der Waals surface area contributed by atoms with Gasteiger partial charge in [0.1, 0.15) is 0 Å². The molecule has 1 aromatic carbocycles. The molecule has 0 aromatic heterocycles. The molecule has 114 valence electrons. The van der Waals surface area contributed by atoms with E-state index in [9.17, 15) is 18.0 Å². The Morgan fingerprint density at radius 1 is 1.38 bits per heavy atom. The summed E-state index contributed by atoms with van der Waals surface area (Å²) in [6.07, 6.45) is -5.76. The summed E-state index contributed by atoms with van der Waals surface area (Å²) in [5.74, 6) is 4.85. The topological polar surface area (TPSA) is 49.3 Å². The van der Waals surface area contributed by atoms with E-state index in [1.807, 2.05) is 0 Å². The Hall–Kier alpha value is -2.00. The van der Waals surface area contributed by atoms with Gasteiger partial charge in [-0.25, -0.2) is 0 Å². The van der Waals surface area contributed by atoms with E-state index in [0.717, 1.165) is 5.56 Å². The number of nitrogens with one attached hydrogen (secondary N) is 1. The lowest BCUT2D eigenvalue weighted by Gasteiger charge is -2.10. The van der Waals surface area contributed by atoms with Crippen LogP contribution in [0.5, 0.6) is 0 Å². The third-order valence-electron chi connectivity index (χ3n) is 2.62. The summed E-state index contributed by atoms with van der Waals surface area (Å²) in [5, 5.41) is 11.1. The summed E-state index contributed by atoms with van der Waals surface area (Å²) >= 11 is 0. The lowest BCUT2D eigenvalue weighted by atomic mass is 10.1. The van der Waals surface area contributed by atoms with Crippen molar-refractivity contribution >= 4 is 11.6 Å². The molecule has 3 nitrogen and oxygen atoms in total. The van der Waals surface area contributed by atoms with Gasteiger partial charge in [-0.2, -0.15) is 13.2 Å². The van der Waals surface area contributed by atoms with Gasteiger partial charge in [0.25, 0.3) is 0 Å². The number of benzene rings is 1. The van der Waals surface area contributed by atoms with Gasteiger partial charge in [0.2, 0.25) is 5.91 Å². The number of hydrogen-bond donors (Lipinski definition) is 2. The maximum absolute atomic E-state index is 12.1. The summed E-state index contributed by atoms with van der Waals surface area (Å²) in [5.41, 5.74) is 1.81. The largest absolute Gasteiger partial charge is 0.395 e. The Morgan fingerprint density at radius 2 is 2.10 bits per heavy atom. The lowest BCUT2D eigenvalue weighted by Crippen LogP contribution is -2.17. The molecule has 0 saturated carbocycles. The first-order chi connectivity index (χ1) is 9.81. The second-order valence-corrected chi connectivity index (χ2v) is 4.47. The predicted octanol–water partition coefficient (Wildman–Crippen LogP) is 3.01. The molecule has 0 bridgehead atoms. The molecule has 0 fully saturated rings. The van der Waals surface area contributed by atoms with E-state index in [2.05, 4.69) is 17.2 Å². The van der Waals surface area contributed by atoms with Crippen molar-refractivity contribution < 1.29 is 23.1 Å². The van der Waals surface area contributed by atoms with E-state index < -0.39 is 24.9 Å². The fourth-order valence-electron chi connectivity index (χ4n) is 1.52. The molecule has 0 atom stereocenters. The minimum atomic E-state index is -4.34. The third-order valence-corrected chi connectivity index (χ3v) is 2.62. The Labute approximate surface area is 121 Å². The maximum Gasteiger partial charge on any atom is 0.389 e. The van der Waals surface area contributed by atoms with Crippen LogP contribution in [0, 0.1) is 18.8 Å². The van der Waals surface area contributed by atoms with Crippen LogP contribution in [0.1, 0.15) is 30.4 Å². The number of aryl methyl sites for hydroxylation is 1. The van der Waals surface area contributed by atoms with Gasteiger partial charge in [-0.05, 0) is 24.6 Å². The normalized spacial score (nSPS) is 10.7. The van der Waals surface area contributed by atoms with E-state index >= 15 is 0 Å². The molecule has 1 rings (SSSR count). The fraction of sp³-hybridized carbons (Fsp3) is 0.400. The first-order valence-corrected chi connectivity index (χ1v) is 6.39. The Balaban J connectivity index is 2.72. The number of halogens is 3. The average molecular weight is 299 g/mol. The van der Waals surface area contributed by atoms with Crippen LogP contribution in [-0.2, 0) is 4.79 Å². The number of aliphatic hydroxyl groups excluding tert-OH is 1. The minimum Gasteiger partial charge on any atom is -0.395 e. The molecule has 2 N–H and O–H groups in total. The van der Waals surface area contributed by atoms with Crippen molar-refractivity contribution in [2.24, 2.45) is 0 Å². The van der Waals surface area contributed by atoms with Gasteiger partial charge in [0.05, 0.1) is 13.0 Å². The van der Waals surface area contributed by atoms with Gasteiger partial charge in [-0.15, -0.1) is 0 Å². The van der Waals surface area contributed by atoms with Crippen molar-refractivity contribution in [3.05, 3.63) is 29.3 Å². The van der Waals surface area contributed by atoms with Crippen LogP contribution < -0.4 is 5.32 Å². The zero-order chi connectivity index (χ0) is 15.9. The van der Waals surface area contributed by atoms with Gasteiger partial charge in [0, 0.05) is 24.1 Å². The molecule has 0 aliphatic carbocycles. The predicted molar refractivity (Wildman–Crippen MR) is 73.7 cm³/mol. The van der Waals surface area contributed by atoms with Gasteiger partial charge in [0.15, 0.2) is 0 Å². The molecule has 0 aliphatic heterocycles. The molecule has 0 aliphatic rings. The Morgan fingerprint density at radius 3 is 2.71 bits per heavy atom. The summed E-state index contributed by atoms with van der Waals surface area (Å²) in [6.45, 7) is 1.70. The second kappa shape index (κ2) is 7.70. The van der Waals surface area contributed by atoms with Crippen molar-refractivity contribution in [3.63, 3.8) is 0 Å². The molecule has 1 aromatic rings. The number of alkyl halides is 3. The minimum absolute atomic E-state index is 0.0418. The van der Waals surface area contributed by atoms with Crippen molar-refractivity contribution in [3.8, 4) is 11.8 Å². The molecule has 0 heterocycles. The van der Waals surface area contributed by atoms with Crippen LogP contribution in [0.3, 0.4) is 0 Å². The van der Waals surface area contributed by atoms with E-state index in [-0.39, 0.29) is 6.61 Å². The number of carbonyl (C=O) groups is 1. The van der Waals surface area contributed by atoms with Gasteiger partial charge in [-0.3, -0.25) is 4.79 Å². The third kappa shape index (κ3) is 6.82. The van der Waals surface area contributed by atoms with E-state index in [0.29, 0.717) is 17.7 Å². The first-order valence-electron chi connectivity index (χ1n) is 6.39. The Bertz CT molecular complexity index is 556. The average Bonchev–Trinajstić information content (AvgIpc) is 2.40. The number of aliphatic hydroxyl groups is 1. The standard InChI is InChI=1S/C15H16F3NO2/c1-11-5-6-12(4-2-3-9-20)10-13(11)19-14(21)7-8-15(16,17)18/h5-6,10,20H,3,7-9H2,1H3,(H,19,21). The van der Waals surface area contributed by atoms with Crippen molar-refractivity contribution in [2.75, 3.05) is 11.9 Å². The first kappa shape index (κ1) is 17.1. The highest BCUT2D eigenvalue weighted by atomic mass is 19.4. The Kier molecular flexibility index (Phi) is 6.25. The van der Waals surface area contributed by atoms with Crippen molar-refractivity contribution in [1.29, 1.82) is 0 Å². The van der Waals surface area contributed by atoms with E-state index in [4.69, 9.17) is 5.11 Å².